The number of aryl methyl sites for hydroxylation is 1. The van der Waals surface area contributed by atoms with E-state index >= 15 is 0 Å². The number of carbonyl (C=O) groups is 2. The molecule has 1 aliphatic rings. The van der Waals surface area contributed by atoms with Gasteiger partial charge in [-0.3, -0.25) is 0 Å². The first-order chi connectivity index (χ1) is 15.3. The molecule has 2 aromatic rings. The minimum absolute atomic E-state index is 0.530. The van der Waals surface area contributed by atoms with Crippen LogP contribution in [0.2, 0.25) is 10.0 Å². The maximum atomic E-state index is 9.10. The van der Waals surface area contributed by atoms with Gasteiger partial charge < -0.3 is 15.1 Å². The topological polar surface area (TPSA) is 109 Å². The molecule has 1 fully saturated rings. The van der Waals surface area contributed by atoms with E-state index < -0.39 is 11.9 Å². The molecule has 1 aliphatic heterocycles. The summed E-state index contributed by atoms with van der Waals surface area (Å²) in [6.45, 7) is 5.81. The zero-order chi connectivity index (χ0) is 23.5. The monoisotopic (exact) mass is 502 g/mol. The van der Waals surface area contributed by atoms with E-state index in [0.29, 0.717) is 10.0 Å². The highest BCUT2D eigenvalue weighted by Gasteiger charge is 2.11. The van der Waals surface area contributed by atoms with Gasteiger partial charge in [-0.2, -0.15) is 0 Å². The number of hydrogen-bond donors (Lipinski definition) is 2. The highest BCUT2D eigenvalue weighted by atomic mass is 35.5. The zero-order valence-corrected chi connectivity index (χ0v) is 20.3. The smallest absolute Gasteiger partial charge is 0.414 e. The lowest BCUT2D eigenvalue weighted by atomic mass is 10.1. The molecule has 11 heteroatoms. The summed E-state index contributed by atoms with van der Waals surface area (Å²) in [6, 6.07) is 5.51. The molecule has 3 rings (SSSR count). The van der Waals surface area contributed by atoms with Gasteiger partial charge in [-0.05, 0) is 70.4 Å². The Hall–Kier alpha value is -1.81. The summed E-state index contributed by atoms with van der Waals surface area (Å²) < 4.78 is 1.82. The Bertz CT molecular complexity index is 892. The number of unbranched alkanes of at least 4 members (excludes halogenated alkanes) is 2. The number of carboxylic acid groups (broad SMARTS) is 2. The molecule has 1 aromatic heterocycles. The molecule has 0 atom stereocenters. The van der Waals surface area contributed by atoms with E-state index in [2.05, 4.69) is 15.0 Å². The number of piperidine rings is 1. The predicted molar refractivity (Wildman–Crippen MR) is 126 cm³/mol. The van der Waals surface area contributed by atoms with E-state index in [-0.39, 0.29) is 0 Å². The first kappa shape index (κ1) is 26.4. The predicted octanol–water partition coefficient (Wildman–Crippen LogP) is 4.79. The highest BCUT2D eigenvalue weighted by Crippen LogP contribution is 2.25. The Balaban J connectivity index is 0.000000534. The lowest BCUT2D eigenvalue weighted by Gasteiger charge is -2.26. The maximum absolute atomic E-state index is 9.10. The molecule has 2 N–H and O–H groups in total. The van der Waals surface area contributed by atoms with E-state index in [0.717, 1.165) is 22.4 Å². The fourth-order valence-corrected chi connectivity index (χ4v) is 4.41. The molecular formula is C21H28Cl2N4O4S. The van der Waals surface area contributed by atoms with E-state index in [4.69, 9.17) is 43.0 Å². The lowest BCUT2D eigenvalue weighted by molar-refractivity contribution is -0.159. The molecule has 2 heterocycles. The first-order valence-electron chi connectivity index (χ1n) is 10.5. The molecule has 32 heavy (non-hydrogen) atoms. The number of carboxylic acids is 2. The maximum Gasteiger partial charge on any atom is 0.414 e. The Morgan fingerprint density at radius 3 is 2.34 bits per heavy atom. The highest BCUT2D eigenvalue weighted by molar-refractivity contribution is 7.99. The summed E-state index contributed by atoms with van der Waals surface area (Å²) in [5, 5.41) is 21.3. The van der Waals surface area contributed by atoms with Gasteiger partial charge in [-0.15, -0.1) is 5.10 Å². The molecule has 8 nitrogen and oxygen atoms in total. The summed E-state index contributed by atoms with van der Waals surface area (Å²) in [7, 11) is 0. The minimum atomic E-state index is -1.82. The van der Waals surface area contributed by atoms with Crippen molar-refractivity contribution in [3.63, 3.8) is 0 Å². The second kappa shape index (κ2) is 13.7. The molecule has 176 valence electrons. The Morgan fingerprint density at radius 1 is 1.03 bits per heavy atom. The van der Waals surface area contributed by atoms with Crippen molar-refractivity contribution in [1.82, 2.24) is 19.7 Å². The van der Waals surface area contributed by atoms with Crippen LogP contribution in [-0.4, -0.2) is 67.2 Å². The largest absolute Gasteiger partial charge is 0.473 e. The molecule has 0 amide bonds. The van der Waals surface area contributed by atoms with Crippen LogP contribution in [0.4, 0.5) is 0 Å². The molecule has 0 unspecified atom stereocenters. The van der Waals surface area contributed by atoms with Crippen molar-refractivity contribution in [2.75, 3.05) is 25.4 Å². The van der Waals surface area contributed by atoms with Crippen molar-refractivity contribution >= 4 is 46.9 Å². The Labute approximate surface area is 201 Å². The number of likely N-dealkylation sites (tertiary alicyclic amines) is 1. The van der Waals surface area contributed by atoms with Crippen LogP contribution in [0.5, 0.6) is 0 Å². The summed E-state index contributed by atoms with van der Waals surface area (Å²) in [4.78, 5) is 25.4. The quantitative estimate of drug-likeness (QED) is 0.301. The van der Waals surface area contributed by atoms with Gasteiger partial charge in [0.15, 0.2) is 0 Å². The SMILES string of the molecule is Cc1nc(SCCCCCN2CCCCC2)nn1-c1ccc(Cl)c(Cl)c1.O=C(O)C(=O)O. The summed E-state index contributed by atoms with van der Waals surface area (Å²) in [6.07, 6.45) is 7.94. The third-order valence-corrected chi connectivity index (χ3v) is 6.54. The van der Waals surface area contributed by atoms with Gasteiger partial charge >= 0.3 is 11.9 Å². The van der Waals surface area contributed by atoms with Gasteiger partial charge in [0, 0.05) is 5.75 Å². The van der Waals surface area contributed by atoms with Crippen molar-refractivity contribution in [3.05, 3.63) is 34.1 Å². The Morgan fingerprint density at radius 2 is 1.72 bits per heavy atom. The zero-order valence-electron chi connectivity index (χ0n) is 18.0. The van der Waals surface area contributed by atoms with Crippen molar-refractivity contribution in [3.8, 4) is 5.69 Å². The van der Waals surface area contributed by atoms with Crippen LogP contribution < -0.4 is 0 Å². The van der Waals surface area contributed by atoms with Crippen molar-refractivity contribution in [1.29, 1.82) is 0 Å². The summed E-state index contributed by atoms with van der Waals surface area (Å²) in [5.74, 6) is -1.73. The Kier molecular flexibility index (Phi) is 11.3. The van der Waals surface area contributed by atoms with E-state index in [9.17, 15) is 0 Å². The number of halogens is 2. The average molecular weight is 503 g/mol. The third-order valence-electron chi connectivity index (χ3n) is 4.88. The van der Waals surface area contributed by atoms with E-state index in [1.165, 1.54) is 58.2 Å². The van der Waals surface area contributed by atoms with Gasteiger partial charge in [-0.1, -0.05) is 47.8 Å². The summed E-state index contributed by atoms with van der Waals surface area (Å²) >= 11 is 13.8. The van der Waals surface area contributed by atoms with Crippen LogP contribution in [0.1, 0.15) is 44.3 Å². The second-order valence-corrected chi connectivity index (χ2v) is 9.25. The molecule has 0 bridgehead atoms. The van der Waals surface area contributed by atoms with E-state index in [1.807, 2.05) is 23.7 Å². The minimum Gasteiger partial charge on any atom is -0.473 e. The van der Waals surface area contributed by atoms with Crippen LogP contribution in [-0.2, 0) is 9.59 Å². The number of thioether (sulfide) groups is 1. The molecule has 0 radical (unpaired) electrons. The molecular weight excluding hydrogens is 475 g/mol. The number of hydrogen-bond acceptors (Lipinski definition) is 6. The fraction of sp³-hybridized carbons (Fsp3) is 0.524. The number of aromatic nitrogens is 3. The van der Waals surface area contributed by atoms with Crippen molar-refractivity contribution in [2.24, 2.45) is 0 Å². The molecule has 1 saturated heterocycles. The molecule has 1 aromatic carbocycles. The van der Waals surface area contributed by atoms with Crippen molar-refractivity contribution < 1.29 is 19.8 Å². The van der Waals surface area contributed by atoms with Gasteiger partial charge in [-0.25, -0.2) is 19.3 Å². The number of aliphatic carboxylic acids is 2. The average Bonchev–Trinajstić information content (AvgIpc) is 3.14. The number of rotatable bonds is 8. The van der Waals surface area contributed by atoms with Crippen molar-refractivity contribution in [2.45, 2.75) is 50.6 Å². The van der Waals surface area contributed by atoms with Crippen LogP contribution in [0.3, 0.4) is 0 Å². The number of benzene rings is 1. The lowest BCUT2D eigenvalue weighted by Crippen LogP contribution is -2.30. The molecule has 0 aliphatic carbocycles. The second-order valence-electron chi connectivity index (χ2n) is 7.37. The molecule has 0 spiro atoms. The third kappa shape index (κ3) is 8.97. The van der Waals surface area contributed by atoms with Gasteiger partial charge in [0.05, 0.1) is 15.7 Å². The first-order valence-corrected chi connectivity index (χ1v) is 12.2. The van der Waals surface area contributed by atoms with E-state index in [1.54, 1.807) is 17.8 Å². The van der Waals surface area contributed by atoms with Crippen LogP contribution >= 0.6 is 35.0 Å². The van der Waals surface area contributed by atoms with Gasteiger partial charge in [0.25, 0.3) is 0 Å². The van der Waals surface area contributed by atoms with Crippen LogP contribution in [0.15, 0.2) is 23.4 Å². The van der Waals surface area contributed by atoms with Gasteiger partial charge in [0.2, 0.25) is 5.16 Å². The molecule has 0 saturated carbocycles. The fourth-order valence-electron chi connectivity index (χ4n) is 3.25. The van der Waals surface area contributed by atoms with Crippen LogP contribution in [0.25, 0.3) is 5.69 Å². The number of nitrogens with zero attached hydrogens (tertiary/aromatic N) is 4. The summed E-state index contributed by atoms with van der Waals surface area (Å²) in [5.41, 5.74) is 0.887. The van der Waals surface area contributed by atoms with Gasteiger partial charge in [0.1, 0.15) is 5.82 Å². The van der Waals surface area contributed by atoms with Crippen LogP contribution in [0, 0.1) is 6.92 Å². The standard InChI is InChI=1S/C19H26Cl2N4S.C2H2O4/c1-15-22-19(23-25(15)16-8-9-17(20)18(21)14-16)26-13-7-3-6-12-24-10-4-2-5-11-24;3-1(4)2(5)6/h8-9,14H,2-7,10-13H2,1H3;(H,3,4)(H,5,6). The normalized spacial score (nSPS) is 14.0.